The smallest absolute Gasteiger partial charge is 0.120 e. The Morgan fingerprint density at radius 2 is 1.95 bits per heavy atom. The fraction of sp³-hybridized carbons (Fsp3) is 0.444. The SMILES string of the molecule is C=Cc1ccc(OC2CCC(C)CC2)cc1C(=C)C. The molecule has 0 radical (unpaired) electrons. The van der Waals surface area contributed by atoms with Crippen LogP contribution in [0, 0.1) is 5.92 Å². The summed E-state index contributed by atoms with van der Waals surface area (Å²) in [6.07, 6.45) is 7.16. The average Bonchev–Trinajstić information content (AvgIpc) is 2.41. The molecule has 0 N–H and O–H groups in total. The molecule has 2 rings (SSSR count). The normalized spacial score (nSPS) is 22.8. The van der Waals surface area contributed by atoms with Gasteiger partial charge in [0.25, 0.3) is 0 Å². The standard InChI is InChI=1S/C18H24O/c1-5-15-8-11-17(12-18(15)13(2)3)19-16-9-6-14(4)7-10-16/h5,8,11-12,14,16H,1-2,6-7,9-10H2,3-4H3. The Labute approximate surface area is 117 Å². The van der Waals surface area contributed by atoms with Crippen LogP contribution in [-0.2, 0) is 0 Å². The topological polar surface area (TPSA) is 9.23 Å². The molecule has 0 saturated heterocycles. The molecular weight excluding hydrogens is 232 g/mol. The van der Waals surface area contributed by atoms with Crippen LogP contribution in [-0.4, -0.2) is 6.10 Å². The van der Waals surface area contributed by atoms with E-state index in [0.29, 0.717) is 6.10 Å². The van der Waals surface area contributed by atoms with Crippen LogP contribution in [0.4, 0.5) is 0 Å². The largest absolute Gasteiger partial charge is 0.490 e. The third kappa shape index (κ3) is 3.50. The lowest BCUT2D eigenvalue weighted by atomic mass is 9.89. The van der Waals surface area contributed by atoms with Crippen LogP contribution < -0.4 is 4.74 Å². The van der Waals surface area contributed by atoms with Crippen LogP contribution in [0.15, 0.2) is 31.4 Å². The zero-order valence-corrected chi connectivity index (χ0v) is 12.1. The second-order valence-electron chi connectivity index (χ2n) is 5.73. The second-order valence-corrected chi connectivity index (χ2v) is 5.73. The van der Waals surface area contributed by atoms with Gasteiger partial charge in [-0.2, -0.15) is 0 Å². The Morgan fingerprint density at radius 3 is 2.53 bits per heavy atom. The molecular formula is C18H24O. The number of rotatable bonds is 4. The second kappa shape index (κ2) is 6.10. The van der Waals surface area contributed by atoms with Crippen LogP contribution in [0.25, 0.3) is 11.6 Å². The Kier molecular flexibility index (Phi) is 4.47. The van der Waals surface area contributed by atoms with Gasteiger partial charge in [-0.1, -0.05) is 37.8 Å². The highest BCUT2D eigenvalue weighted by Crippen LogP contribution is 2.29. The highest BCUT2D eigenvalue weighted by atomic mass is 16.5. The fourth-order valence-electron chi connectivity index (χ4n) is 2.70. The van der Waals surface area contributed by atoms with E-state index in [1.807, 2.05) is 19.1 Å². The van der Waals surface area contributed by atoms with Crippen molar-refractivity contribution in [3.05, 3.63) is 42.5 Å². The first kappa shape index (κ1) is 13.9. The van der Waals surface area contributed by atoms with Crippen molar-refractivity contribution in [3.8, 4) is 5.75 Å². The Balaban J connectivity index is 2.10. The van der Waals surface area contributed by atoms with Crippen molar-refractivity contribution in [1.82, 2.24) is 0 Å². The molecule has 1 aromatic rings. The zero-order chi connectivity index (χ0) is 13.8. The molecule has 0 spiro atoms. The Hall–Kier alpha value is -1.50. The number of ether oxygens (including phenoxy) is 1. The van der Waals surface area contributed by atoms with Crippen LogP contribution in [0.2, 0.25) is 0 Å². The molecule has 1 saturated carbocycles. The fourth-order valence-corrected chi connectivity index (χ4v) is 2.70. The first-order valence-corrected chi connectivity index (χ1v) is 7.19. The summed E-state index contributed by atoms with van der Waals surface area (Å²) < 4.78 is 6.12. The minimum atomic E-state index is 0.378. The summed E-state index contributed by atoms with van der Waals surface area (Å²) in [4.78, 5) is 0. The van der Waals surface area contributed by atoms with Gasteiger partial charge < -0.3 is 4.74 Å². The van der Waals surface area contributed by atoms with Gasteiger partial charge in [-0.05, 0) is 61.8 Å². The molecule has 1 heteroatoms. The molecule has 1 aliphatic rings. The number of allylic oxidation sites excluding steroid dienone is 1. The van der Waals surface area contributed by atoms with E-state index in [-0.39, 0.29) is 0 Å². The molecule has 0 amide bonds. The van der Waals surface area contributed by atoms with E-state index in [0.717, 1.165) is 28.4 Å². The molecule has 0 aromatic heterocycles. The van der Waals surface area contributed by atoms with Crippen LogP contribution in [0.5, 0.6) is 5.75 Å². The van der Waals surface area contributed by atoms with Gasteiger partial charge in [0.2, 0.25) is 0 Å². The van der Waals surface area contributed by atoms with Crippen molar-refractivity contribution in [2.45, 2.75) is 45.6 Å². The Morgan fingerprint density at radius 1 is 1.26 bits per heavy atom. The molecule has 0 atom stereocenters. The molecule has 1 aliphatic carbocycles. The highest BCUT2D eigenvalue weighted by Gasteiger charge is 2.19. The predicted octanol–water partition coefficient (Wildman–Crippen LogP) is 5.32. The quantitative estimate of drug-likeness (QED) is 0.708. The van der Waals surface area contributed by atoms with Crippen molar-refractivity contribution in [2.24, 2.45) is 5.92 Å². The average molecular weight is 256 g/mol. The Bertz CT molecular complexity index is 465. The van der Waals surface area contributed by atoms with Gasteiger partial charge in [0, 0.05) is 0 Å². The van der Waals surface area contributed by atoms with E-state index in [1.165, 1.54) is 25.7 Å². The summed E-state index contributed by atoms with van der Waals surface area (Å²) in [5.74, 6) is 1.82. The molecule has 1 fully saturated rings. The van der Waals surface area contributed by atoms with Crippen molar-refractivity contribution < 1.29 is 4.74 Å². The minimum absolute atomic E-state index is 0.378. The predicted molar refractivity (Wildman–Crippen MR) is 83.3 cm³/mol. The van der Waals surface area contributed by atoms with E-state index in [9.17, 15) is 0 Å². The first-order valence-electron chi connectivity index (χ1n) is 7.19. The maximum atomic E-state index is 6.12. The maximum Gasteiger partial charge on any atom is 0.120 e. The van der Waals surface area contributed by atoms with Crippen LogP contribution >= 0.6 is 0 Å². The zero-order valence-electron chi connectivity index (χ0n) is 12.1. The van der Waals surface area contributed by atoms with E-state index in [4.69, 9.17) is 4.74 Å². The van der Waals surface area contributed by atoms with Gasteiger partial charge in [-0.3, -0.25) is 0 Å². The van der Waals surface area contributed by atoms with Gasteiger partial charge in [0.15, 0.2) is 0 Å². The maximum absolute atomic E-state index is 6.12. The lowest BCUT2D eigenvalue weighted by molar-refractivity contribution is 0.135. The van der Waals surface area contributed by atoms with Gasteiger partial charge in [-0.25, -0.2) is 0 Å². The van der Waals surface area contributed by atoms with E-state index < -0.39 is 0 Å². The van der Waals surface area contributed by atoms with Gasteiger partial charge in [0.05, 0.1) is 6.10 Å². The van der Waals surface area contributed by atoms with Crippen molar-refractivity contribution in [3.63, 3.8) is 0 Å². The van der Waals surface area contributed by atoms with Crippen molar-refractivity contribution >= 4 is 11.6 Å². The van der Waals surface area contributed by atoms with Crippen molar-refractivity contribution in [2.75, 3.05) is 0 Å². The monoisotopic (exact) mass is 256 g/mol. The molecule has 1 aromatic carbocycles. The summed E-state index contributed by atoms with van der Waals surface area (Å²) in [6, 6.07) is 6.21. The lowest BCUT2D eigenvalue weighted by Crippen LogP contribution is -2.23. The van der Waals surface area contributed by atoms with Crippen LogP contribution in [0.3, 0.4) is 0 Å². The highest BCUT2D eigenvalue weighted by molar-refractivity contribution is 5.72. The molecule has 0 bridgehead atoms. The third-order valence-corrected chi connectivity index (χ3v) is 3.97. The first-order chi connectivity index (χ1) is 9.10. The van der Waals surface area contributed by atoms with E-state index in [2.05, 4.69) is 32.2 Å². The number of hydrogen-bond donors (Lipinski definition) is 0. The summed E-state index contributed by atoms with van der Waals surface area (Å²) in [6.45, 7) is 12.2. The summed E-state index contributed by atoms with van der Waals surface area (Å²) in [5.41, 5.74) is 3.31. The molecule has 0 unspecified atom stereocenters. The summed E-state index contributed by atoms with van der Waals surface area (Å²) in [5, 5.41) is 0. The van der Waals surface area contributed by atoms with E-state index in [1.54, 1.807) is 0 Å². The third-order valence-electron chi connectivity index (χ3n) is 3.97. The minimum Gasteiger partial charge on any atom is -0.490 e. The molecule has 19 heavy (non-hydrogen) atoms. The van der Waals surface area contributed by atoms with Gasteiger partial charge >= 0.3 is 0 Å². The van der Waals surface area contributed by atoms with E-state index >= 15 is 0 Å². The molecule has 1 nitrogen and oxygen atoms in total. The van der Waals surface area contributed by atoms with Gasteiger partial charge in [-0.15, -0.1) is 0 Å². The number of hydrogen-bond acceptors (Lipinski definition) is 1. The summed E-state index contributed by atoms with van der Waals surface area (Å²) in [7, 11) is 0. The van der Waals surface area contributed by atoms with Crippen molar-refractivity contribution in [1.29, 1.82) is 0 Å². The molecule has 102 valence electrons. The summed E-state index contributed by atoms with van der Waals surface area (Å²) >= 11 is 0. The molecule has 0 heterocycles. The van der Waals surface area contributed by atoms with Crippen LogP contribution in [0.1, 0.15) is 50.7 Å². The molecule has 0 aliphatic heterocycles. The number of benzene rings is 1. The lowest BCUT2D eigenvalue weighted by Gasteiger charge is -2.27. The van der Waals surface area contributed by atoms with Gasteiger partial charge in [0.1, 0.15) is 5.75 Å².